The number of carbonyl (C=O) groups excluding carboxylic acids is 1. The van der Waals surface area contributed by atoms with Crippen molar-refractivity contribution in [3.05, 3.63) is 48.6 Å². The molecule has 0 aromatic rings. The third-order valence-electron chi connectivity index (χ3n) is 17.6. The number of unbranched alkanes of at least 4 members (excludes halogenated alkanes) is 32. The van der Waals surface area contributed by atoms with Crippen LogP contribution in [0.15, 0.2) is 48.6 Å². The predicted octanol–water partition coefficient (Wildman–Crippen LogP) is 9.39. The molecule has 89 heavy (non-hydrogen) atoms. The van der Waals surface area contributed by atoms with Crippen molar-refractivity contribution in [2.24, 2.45) is 0 Å². The molecule has 0 aliphatic carbocycles. The van der Waals surface area contributed by atoms with Gasteiger partial charge in [-0.3, -0.25) is 4.79 Å². The Morgan fingerprint density at radius 2 is 0.742 bits per heavy atom. The first kappa shape index (κ1) is 81.0. The second kappa shape index (κ2) is 52.1. The van der Waals surface area contributed by atoms with Crippen molar-refractivity contribution in [2.75, 3.05) is 26.4 Å². The van der Waals surface area contributed by atoms with Crippen molar-refractivity contribution in [2.45, 2.75) is 362 Å². The molecule has 3 rings (SSSR count). The Labute approximate surface area is 535 Å². The number of aliphatic hydroxyl groups excluding tert-OH is 11. The minimum absolute atomic E-state index is 0.244. The van der Waals surface area contributed by atoms with Crippen LogP contribution in [0.3, 0.4) is 0 Å². The van der Waals surface area contributed by atoms with Crippen LogP contribution in [0.4, 0.5) is 0 Å². The summed E-state index contributed by atoms with van der Waals surface area (Å²) in [6.45, 7) is 1.59. The average Bonchev–Trinajstić information content (AvgIpc) is 1.58. The molecular formula is C70H127NO18. The van der Waals surface area contributed by atoms with E-state index < -0.39 is 124 Å². The van der Waals surface area contributed by atoms with E-state index in [9.17, 15) is 61.0 Å². The van der Waals surface area contributed by atoms with Crippen LogP contribution in [0, 0.1) is 0 Å². The number of ether oxygens (including phenoxy) is 6. The van der Waals surface area contributed by atoms with E-state index in [0.717, 1.165) is 57.8 Å². The summed E-state index contributed by atoms with van der Waals surface area (Å²) in [6.07, 6.45) is 36.5. The molecule has 3 aliphatic rings. The highest BCUT2D eigenvalue weighted by atomic mass is 16.8. The van der Waals surface area contributed by atoms with Crippen LogP contribution in [0.2, 0.25) is 0 Å². The molecule has 1 amide bonds. The summed E-state index contributed by atoms with van der Waals surface area (Å²) in [7, 11) is 0. The molecule has 520 valence electrons. The van der Waals surface area contributed by atoms with Gasteiger partial charge in [-0.2, -0.15) is 0 Å². The maximum absolute atomic E-state index is 13.2. The van der Waals surface area contributed by atoms with Gasteiger partial charge in [0.05, 0.1) is 38.6 Å². The number of nitrogens with one attached hydrogen (secondary N) is 1. The summed E-state index contributed by atoms with van der Waals surface area (Å²) in [6, 6.07) is -0.968. The highest BCUT2D eigenvalue weighted by Crippen LogP contribution is 2.33. The largest absolute Gasteiger partial charge is 0.394 e. The Balaban J connectivity index is 1.22. The van der Waals surface area contributed by atoms with Crippen molar-refractivity contribution >= 4 is 5.91 Å². The third-order valence-corrected chi connectivity index (χ3v) is 17.6. The van der Waals surface area contributed by atoms with Crippen LogP contribution in [-0.4, -0.2) is 193 Å². The second-order valence-electron chi connectivity index (χ2n) is 25.3. The van der Waals surface area contributed by atoms with E-state index in [-0.39, 0.29) is 18.9 Å². The van der Waals surface area contributed by atoms with Crippen LogP contribution in [-0.2, 0) is 33.2 Å². The van der Waals surface area contributed by atoms with Crippen LogP contribution in [0.1, 0.15) is 258 Å². The Bertz CT molecular complexity index is 1800. The molecule has 3 aliphatic heterocycles. The highest BCUT2D eigenvalue weighted by molar-refractivity contribution is 5.76. The fraction of sp³-hybridized carbons (Fsp3) is 0.871. The van der Waals surface area contributed by atoms with E-state index in [1.807, 2.05) is 6.08 Å². The minimum atomic E-state index is -1.98. The fourth-order valence-corrected chi connectivity index (χ4v) is 11.8. The summed E-state index contributed by atoms with van der Waals surface area (Å²) < 4.78 is 34.1. The van der Waals surface area contributed by atoms with Gasteiger partial charge in [-0.25, -0.2) is 0 Å². The zero-order valence-electron chi connectivity index (χ0n) is 54.9. The monoisotopic (exact) mass is 1270 g/mol. The molecule has 19 heteroatoms. The molecular weight excluding hydrogens is 1140 g/mol. The molecule has 17 atom stereocenters. The van der Waals surface area contributed by atoms with Gasteiger partial charge in [0.2, 0.25) is 5.91 Å². The standard InChI is InChI=1S/C70H127NO18/c1-3-5-7-9-10-11-12-13-14-15-16-17-18-19-20-21-22-23-24-25-26-27-28-29-30-31-32-33-34-35-36-37-38-39-40-41-42-44-46-48-58(76)71-53(54(75)47-45-43-8-6-4-2)52-84-68-64(82)61(79)66(56(50-73)86-68)89-70-65(83)62(80)67(57(51-74)87-70)88-69-63(81)60(78)59(77)55(49-72)85-69/h12-13,15-16,18-19,45,47,53-57,59-70,72-75,77-83H,3-11,14,17,20-44,46,48-52H2,1-2H3,(H,71,76)/b13-12-,16-15-,19-18-,47-45+. The number of rotatable bonds is 54. The molecule has 0 aromatic heterocycles. The van der Waals surface area contributed by atoms with Gasteiger partial charge in [0.1, 0.15) is 73.2 Å². The Morgan fingerprint density at radius 3 is 1.18 bits per heavy atom. The predicted molar refractivity (Wildman–Crippen MR) is 346 cm³/mol. The second-order valence-corrected chi connectivity index (χ2v) is 25.3. The van der Waals surface area contributed by atoms with Gasteiger partial charge in [-0.15, -0.1) is 0 Å². The smallest absolute Gasteiger partial charge is 0.220 e. The van der Waals surface area contributed by atoms with Crippen molar-refractivity contribution in [3.63, 3.8) is 0 Å². The minimum Gasteiger partial charge on any atom is -0.394 e. The van der Waals surface area contributed by atoms with Crippen molar-refractivity contribution in [1.29, 1.82) is 0 Å². The molecule has 0 spiro atoms. The summed E-state index contributed by atoms with van der Waals surface area (Å²) in [5, 5.41) is 120. The van der Waals surface area contributed by atoms with Gasteiger partial charge < -0.3 is 89.9 Å². The molecule has 17 unspecified atom stereocenters. The molecule has 0 saturated carbocycles. The van der Waals surface area contributed by atoms with Crippen LogP contribution < -0.4 is 5.32 Å². The number of aliphatic hydroxyl groups is 11. The van der Waals surface area contributed by atoms with Crippen LogP contribution in [0.25, 0.3) is 0 Å². The van der Waals surface area contributed by atoms with Gasteiger partial charge in [-0.1, -0.05) is 242 Å². The van der Waals surface area contributed by atoms with Gasteiger partial charge >= 0.3 is 0 Å². The molecule has 3 heterocycles. The lowest BCUT2D eigenvalue weighted by Crippen LogP contribution is -2.66. The normalized spacial score (nSPS) is 28.5. The molecule has 19 nitrogen and oxygen atoms in total. The zero-order chi connectivity index (χ0) is 64.7. The first-order chi connectivity index (χ1) is 43.3. The van der Waals surface area contributed by atoms with E-state index in [4.69, 9.17) is 28.4 Å². The number of hydrogen-bond donors (Lipinski definition) is 12. The van der Waals surface area contributed by atoms with Gasteiger partial charge in [0.15, 0.2) is 18.9 Å². The lowest BCUT2D eigenvalue weighted by Gasteiger charge is -2.48. The van der Waals surface area contributed by atoms with Gasteiger partial charge in [-0.05, 0) is 57.8 Å². The van der Waals surface area contributed by atoms with E-state index in [0.29, 0.717) is 6.42 Å². The maximum atomic E-state index is 13.2. The molecule has 3 saturated heterocycles. The molecule has 0 aromatic carbocycles. The molecule has 0 radical (unpaired) electrons. The van der Waals surface area contributed by atoms with Gasteiger partial charge in [0.25, 0.3) is 0 Å². The molecule has 3 fully saturated rings. The zero-order valence-corrected chi connectivity index (χ0v) is 54.9. The number of carbonyl (C=O) groups is 1. The third kappa shape index (κ3) is 34.1. The number of amides is 1. The fourth-order valence-electron chi connectivity index (χ4n) is 11.8. The topological polar surface area (TPSA) is 307 Å². The lowest BCUT2D eigenvalue weighted by molar-refractivity contribution is -0.379. The first-order valence-corrected chi connectivity index (χ1v) is 35.4. The van der Waals surface area contributed by atoms with Gasteiger partial charge in [0, 0.05) is 6.42 Å². The lowest BCUT2D eigenvalue weighted by atomic mass is 9.96. The average molecular weight is 1270 g/mol. The summed E-state index contributed by atoms with van der Waals surface area (Å²) in [5.74, 6) is -0.280. The Hall–Kier alpha value is -2.25. The van der Waals surface area contributed by atoms with Crippen molar-refractivity contribution in [1.82, 2.24) is 5.32 Å². The van der Waals surface area contributed by atoms with E-state index in [2.05, 4.69) is 55.6 Å². The van der Waals surface area contributed by atoms with E-state index in [1.54, 1.807) is 6.08 Å². The maximum Gasteiger partial charge on any atom is 0.220 e. The molecule has 0 bridgehead atoms. The highest BCUT2D eigenvalue weighted by Gasteiger charge is 2.53. The summed E-state index contributed by atoms with van der Waals surface area (Å²) in [5.41, 5.74) is 0. The summed E-state index contributed by atoms with van der Waals surface area (Å²) in [4.78, 5) is 13.2. The van der Waals surface area contributed by atoms with Crippen molar-refractivity contribution < 1.29 is 89.4 Å². The van der Waals surface area contributed by atoms with E-state index in [1.165, 1.54) is 173 Å². The first-order valence-electron chi connectivity index (χ1n) is 35.4. The van der Waals surface area contributed by atoms with E-state index >= 15 is 0 Å². The van der Waals surface area contributed by atoms with Crippen LogP contribution >= 0.6 is 0 Å². The molecule has 12 N–H and O–H groups in total. The van der Waals surface area contributed by atoms with Crippen LogP contribution in [0.5, 0.6) is 0 Å². The quantitative estimate of drug-likeness (QED) is 0.0199. The Morgan fingerprint density at radius 1 is 0.404 bits per heavy atom. The number of allylic oxidation sites excluding steroid dienone is 7. The Kier molecular flexibility index (Phi) is 47.4. The van der Waals surface area contributed by atoms with Crippen molar-refractivity contribution in [3.8, 4) is 0 Å². The summed E-state index contributed by atoms with van der Waals surface area (Å²) >= 11 is 0. The number of hydrogen-bond acceptors (Lipinski definition) is 18. The SMILES string of the molecule is CCCCC/C=C/C(O)C(COC1OC(CO)C(OC2OC(CO)C(OC3OC(CO)C(O)C(O)C3O)C(O)C2O)C(O)C1O)NC(=O)CCCCCCCCCCCCCCCCCCCCCCCCCC/C=C\C/C=C\C/C=C\CCCCCCC.